The zero-order valence-corrected chi connectivity index (χ0v) is 19.2. The average Bonchev–Trinajstić information content (AvgIpc) is 2.68. The number of aliphatic carboxylic acids is 1. The summed E-state index contributed by atoms with van der Waals surface area (Å²) in [6.45, 7) is 7.13. The first kappa shape index (κ1) is 24.0. The fourth-order valence-corrected chi connectivity index (χ4v) is 4.18. The fraction of sp³-hybridized carbons (Fsp3) is 0.417. The highest BCUT2D eigenvalue weighted by Crippen LogP contribution is 2.33. The van der Waals surface area contributed by atoms with Gasteiger partial charge in [-0.2, -0.15) is 0 Å². The van der Waals surface area contributed by atoms with Crippen molar-refractivity contribution in [2.75, 3.05) is 23.3 Å². The van der Waals surface area contributed by atoms with Crippen molar-refractivity contribution >= 4 is 34.9 Å². The predicted octanol–water partition coefficient (Wildman–Crippen LogP) is 4.85. The first-order valence-corrected chi connectivity index (χ1v) is 11.0. The van der Waals surface area contributed by atoms with Crippen LogP contribution in [0.4, 0.5) is 15.8 Å². The van der Waals surface area contributed by atoms with Crippen molar-refractivity contribution in [3.63, 3.8) is 0 Å². The van der Waals surface area contributed by atoms with E-state index >= 15 is 0 Å². The fourth-order valence-electron chi connectivity index (χ4n) is 4.02. The number of halogens is 2. The van der Waals surface area contributed by atoms with Crippen LogP contribution in [-0.4, -0.2) is 42.3 Å². The number of anilines is 2. The Bertz CT molecular complexity index is 990. The van der Waals surface area contributed by atoms with Crippen LogP contribution in [0.1, 0.15) is 44.2 Å². The van der Waals surface area contributed by atoms with E-state index in [-0.39, 0.29) is 47.5 Å². The molecule has 1 heterocycles. The van der Waals surface area contributed by atoms with Gasteiger partial charge >= 0.3 is 5.97 Å². The summed E-state index contributed by atoms with van der Waals surface area (Å²) in [6, 6.07) is 9.82. The minimum atomic E-state index is -0.888. The number of carboxylic acid groups (broad SMARTS) is 1. The normalized spacial score (nSPS) is 19.5. The third-order valence-electron chi connectivity index (χ3n) is 5.47. The van der Waals surface area contributed by atoms with Crippen LogP contribution in [0.25, 0.3) is 0 Å². The molecule has 1 amide bonds. The van der Waals surface area contributed by atoms with Crippen molar-refractivity contribution in [1.82, 2.24) is 0 Å². The lowest BCUT2D eigenvalue weighted by atomic mass is 9.96. The molecule has 0 saturated carbocycles. The summed E-state index contributed by atoms with van der Waals surface area (Å²) in [5.41, 5.74) is 2.44. The Morgan fingerprint density at radius 3 is 2.53 bits per heavy atom. The molecule has 3 atom stereocenters. The van der Waals surface area contributed by atoms with E-state index in [0.717, 1.165) is 11.3 Å². The van der Waals surface area contributed by atoms with Gasteiger partial charge in [-0.3, -0.25) is 9.59 Å². The molecule has 8 heteroatoms. The van der Waals surface area contributed by atoms with Gasteiger partial charge in [-0.1, -0.05) is 30.7 Å². The number of carbonyl (C=O) groups excluding carboxylic acids is 1. The van der Waals surface area contributed by atoms with Crippen LogP contribution in [-0.2, 0) is 20.7 Å². The number of benzene rings is 2. The monoisotopic (exact) mass is 462 g/mol. The molecule has 0 aliphatic carbocycles. The highest BCUT2D eigenvalue weighted by atomic mass is 35.5. The topological polar surface area (TPSA) is 78.9 Å². The molecule has 3 rings (SSSR count). The molecule has 2 aromatic carbocycles. The van der Waals surface area contributed by atoms with E-state index in [1.54, 1.807) is 6.07 Å². The summed E-state index contributed by atoms with van der Waals surface area (Å²) < 4.78 is 20.0. The first-order chi connectivity index (χ1) is 15.1. The minimum Gasteiger partial charge on any atom is -0.481 e. The van der Waals surface area contributed by atoms with Gasteiger partial charge in [0.05, 0.1) is 36.4 Å². The van der Waals surface area contributed by atoms with Crippen molar-refractivity contribution in [3.05, 3.63) is 58.4 Å². The minimum absolute atomic E-state index is 0.0195. The second kappa shape index (κ2) is 10.3. The number of rotatable bonds is 7. The molecule has 32 heavy (non-hydrogen) atoms. The van der Waals surface area contributed by atoms with Gasteiger partial charge in [-0.15, -0.1) is 0 Å². The third-order valence-corrected chi connectivity index (χ3v) is 5.71. The Hall–Kier alpha value is -2.64. The summed E-state index contributed by atoms with van der Waals surface area (Å²) in [5.74, 6) is -2.02. The molecule has 1 fully saturated rings. The van der Waals surface area contributed by atoms with Gasteiger partial charge < -0.3 is 20.1 Å². The lowest BCUT2D eigenvalue weighted by molar-refractivity contribution is -0.137. The molecule has 0 aromatic heterocycles. The lowest BCUT2D eigenvalue weighted by Gasteiger charge is -2.38. The molecule has 1 saturated heterocycles. The second-order valence-corrected chi connectivity index (χ2v) is 8.83. The van der Waals surface area contributed by atoms with Gasteiger partial charge in [0.1, 0.15) is 5.82 Å². The van der Waals surface area contributed by atoms with Crippen molar-refractivity contribution < 1.29 is 23.8 Å². The molecule has 0 spiro atoms. The number of carboxylic acids is 1. The zero-order chi connectivity index (χ0) is 23.4. The summed E-state index contributed by atoms with van der Waals surface area (Å²) in [5, 5.41) is 12.3. The van der Waals surface area contributed by atoms with Crippen molar-refractivity contribution in [3.8, 4) is 0 Å². The summed E-state index contributed by atoms with van der Waals surface area (Å²) in [4.78, 5) is 26.1. The van der Waals surface area contributed by atoms with E-state index in [2.05, 4.69) is 10.2 Å². The Kier molecular flexibility index (Phi) is 7.74. The maximum Gasteiger partial charge on any atom is 0.303 e. The standard InChI is InChI=1S/C24H28ClFN2O4/c1-14(8-24(30)31)17-5-7-22(28-12-15(2)32-16(3)13-28)21(9-17)27-23(29)10-18-4-6-19(25)11-20(18)26/h4-7,9,11,14-16H,8,10,12-13H2,1-3H3,(H,27,29)(H,30,31)/t14?,15-,16+. The quantitative estimate of drug-likeness (QED) is 0.614. The van der Waals surface area contributed by atoms with Crippen molar-refractivity contribution in [1.29, 1.82) is 0 Å². The highest BCUT2D eigenvalue weighted by molar-refractivity contribution is 6.30. The number of carbonyl (C=O) groups is 2. The van der Waals surface area contributed by atoms with E-state index < -0.39 is 11.8 Å². The van der Waals surface area contributed by atoms with Crippen LogP contribution in [0.3, 0.4) is 0 Å². The van der Waals surface area contributed by atoms with Crippen LogP contribution < -0.4 is 10.2 Å². The Labute approximate surface area is 192 Å². The van der Waals surface area contributed by atoms with Crippen LogP contribution >= 0.6 is 11.6 Å². The van der Waals surface area contributed by atoms with E-state index in [4.69, 9.17) is 21.4 Å². The molecule has 172 valence electrons. The van der Waals surface area contributed by atoms with Gasteiger partial charge in [0.2, 0.25) is 5.91 Å². The van der Waals surface area contributed by atoms with E-state index in [0.29, 0.717) is 18.8 Å². The zero-order valence-electron chi connectivity index (χ0n) is 18.4. The second-order valence-electron chi connectivity index (χ2n) is 8.40. The Morgan fingerprint density at radius 1 is 1.22 bits per heavy atom. The number of ether oxygens (including phenoxy) is 1. The van der Waals surface area contributed by atoms with Crippen LogP contribution in [0.5, 0.6) is 0 Å². The van der Waals surface area contributed by atoms with Gasteiger partial charge in [0.15, 0.2) is 0 Å². The van der Waals surface area contributed by atoms with Crippen molar-refractivity contribution in [2.24, 2.45) is 0 Å². The van der Waals surface area contributed by atoms with E-state index in [1.807, 2.05) is 39.0 Å². The van der Waals surface area contributed by atoms with Crippen LogP contribution in [0.2, 0.25) is 5.02 Å². The number of hydrogen-bond donors (Lipinski definition) is 2. The lowest BCUT2D eigenvalue weighted by Crippen LogP contribution is -2.45. The summed E-state index contributed by atoms with van der Waals surface area (Å²) in [6.07, 6.45) is -0.117. The first-order valence-electron chi connectivity index (χ1n) is 10.6. The smallest absolute Gasteiger partial charge is 0.303 e. The number of nitrogens with zero attached hydrogens (tertiary/aromatic N) is 1. The number of nitrogens with one attached hydrogen (secondary N) is 1. The van der Waals surface area contributed by atoms with Gasteiger partial charge in [-0.25, -0.2) is 4.39 Å². The van der Waals surface area contributed by atoms with Gasteiger partial charge in [0.25, 0.3) is 0 Å². The molecular formula is C24H28ClFN2O4. The molecule has 2 aromatic rings. The van der Waals surface area contributed by atoms with Crippen molar-refractivity contribution in [2.45, 2.75) is 51.7 Å². The van der Waals surface area contributed by atoms with E-state index in [1.165, 1.54) is 12.1 Å². The maximum atomic E-state index is 14.2. The maximum absolute atomic E-state index is 14.2. The number of morpholine rings is 1. The SMILES string of the molecule is CC(CC(=O)O)c1ccc(N2C[C@@H](C)O[C@@H](C)C2)c(NC(=O)Cc2ccc(Cl)cc2F)c1. The molecule has 1 aliphatic heterocycles. The van der Waals surface area contributed by atoms with Gasteiger partial charge in [-0.05, 0) is 55.2 Å². The molecule has 0 radical (unpaired) electrons. The number of amides is 1. The van der Waals surface area contributed by atoms with Crippen LogP contribution in [0, 0.1) is 5.82 Å². The molecular weight excluding hydrogens is 435 g/mol. The molecule has 1 aliphatic rings. The Balaban J connectivity index is 1.88. The predicted molar refractivity (Wildman–Crippen MR) is 123 cm³/mol. The van der Waals surface area contributed by atoms with Crippen LogP contribution in [0.15, 0.2) is 36.4 Å². The summed E-state index contributed by atoms with van der Waals surface area (Å²) >= 11 is 5.80. The molecule has 6 nitrogen and oxygen atoms in total. The Morgan fingerprint density at radius 2 is 1.91 bits per heavy atom. The molecule has 1 unspecified atom stereocenters. The average molecular weight is 463 g/mol. The third kappa shape index (κ3) is 6.20. The van der Waals surface area contributed by atoms with Gasteiger partial charge in [0, 0.05) is 18.1 Å². The molecule has 0 bridgehead atoms. The van der Waals surface area contributed by atoms with E-state index in [9.17, 15) is 14.0 Å². The number of hydrogen-bond acceptors (Lipinski definition) is 4. The summed E-state index contributed by atoms with van der Waals surface area (Å²) in [7, 11) is 0. The molecule has 2 N–H and O–H groups in total. The largest absolute Gasteiger partial charge is 0.481 e. The highest BCUT2D eigenvalue weighted by Gasteiger charge is 2.25.